The number of ether oxygens (including phenoxy) is 1. The molecule has 0 spiro atoms. The molecule has 1 saturated heterocycles. The molecular formula is C27H27N3O2. The molecule has 1 aliphatic rings. The first-order valence-corrected chi connectivity index (χ1v) is 11.1. The highest BCUT2D eigenvalue weighted by Gasteiger charge is 2.13. The van der Waals surface area contributed by atoms with Crippen LogP contribution in [0.5, 0.6) is 0 Å². The van der Waals surface area contributed by atoms with E-state index in [4.69, 9.17) is 4.74 Å². The predicted octanol–water partition coefficient (Wildman–Crippen LogP) is 4.94. The van der Waals surface area contributed by atoms with Gasteiger partial charge in [-0.2, -0.15) is 0 Å². The summed E-state index contributed by atoms with van der Waals surface area (Å²) < 4.78 is 7.58. The summed E-state index contributed by atoms with van der Waals surface area (Å²) in [6.07, 6.45) is 4.65. The summed E-state index contributed by atoms with van der Waals surface area (Å²) in [4.78, 5) is 19.0. The number of hydrogen-bond acceptors (Lipinski definition) is 4. The van der Waals surface area contributed by atoms with Crippen LogP contribution in [0, 0.1) is 6.92 Å². The average molecular weight is 426 g/mol. The van der Waals surface area contributed by atoms with Crippen molar-refractivity contribution in [1.82, 2.24) is 9.38 Å². The number of carbonyl (C=O) groups is 1. The number of aromatic nitrogens is 2. The van der Waals surface area contributed by atoms with E-state index in [0.29, 0.717) is 0 Å². The molecule has 0 amide bonds. The molecule has 32 heavy (non-hydrogen) atoms. The van der Waals surface area contributed by atoms with Gasteiger partial charge >= 0.3 is 0 Å². The van der Waals surface area contributed by atoms with Crippen LogP contribution in [0.15, 0.2) is 67.0 Å². The van der Waals surface area contributed by atoms with Crippen molar-refractivity contribution >= 4 is 17.1 Å². The Labute approximate surface area is 188 Å². The van der Waals surface area contributed by atoms with Gasteiger partial charge < -0.3 is 9.64 Å². The first kappa shape index (κ1) is 20.5. The fourth-order valence-electron chi connectivity index (χ4n) is 4.44. The van der Waals surface area contributed by atoms with E-state index in [1.165, 1.54) is 16.8 Å². The number of hydrogen-bond donors (Lipinski definition) is 0. The number of benzene rings is 2. The summed E-state index contributed by atoms with van der Waals surface area (Å²) in [6.45, 7) is 7.11. The second-order valence-electron chi connectivity index (χ2n) is 8.45. The number of aryl methyl sites for hydroxylation is 1. The third kappa shape index (κ3) is 4.04. The fraction of sp³-hybridized carbons (Fsp3) is 0.259. The Balaban J connectivity index is 1.45. The second-order valence-corrected chi connectivity index (χ2v) is 8.45. The first-order valence-electron chi connectivity index (χ1n) is 11.1. The van der Waals surface area contributed by atoms with Gasteiger partial charge in [-0.3, -0.25) is 9.20 Å². The van der Waals surface area contributed by atoms with Gasteiger partial charge in [0.1, 0.15) is 5.65 Å². The standard InChI is InChI=1S/C27H27N3O2/c1-19-15-23(20(2)31)18-24(16-19)26-8-5-22(27-28-9-10-30(26)27)17-21-3-6-25(7-4-21)29-11-13-32-14-12-29/h3-10,15-16,18H,11-14,17H2,1-2H3. The predicted molar refractivity (Wildman–Crippen MR) is 128 cm³/mol. The number of imidazole rings is 1. The van der Waals surface area contributed by atoms with E-state index in [9.17, 15) is 4.79 Å². The lowest BCUT2D eigenvalue weighted by atomic mass is 10.00. The molecule has 0 bridgehead atoms. The largest absolute Gasteiger partial charge is 0.378 e. The van der Waals surface area contributed by atoms with E-state index in [1.54, 1.807) is 6.92 Å². The van der Waals surface area contributed by atoms with Gasteiger partial charge in [0.2, 0.25) is 0 Å². The highest BCUT2D eigenvalue weighted by molar-refractivity contribution is 5.95. The van der Waals surface area contributed by atoms with Crippen LogP contribution < -0.4 is 4.90 Å². The molecule has 0 unspecified atom stereocenters. The highest BCUT2D eigenvalue weighted by atomic mass is 16.5. The number of anilines is 1. The summed E-state index contributed by atoms with van der Waals surface area (Å²) in [7, 11) is 0. The van der Waals surface area contributed by atoms with E-state index in [1.807, 2.05) is 31.5 Å². The van der Waals surface area contributed by atoms with Gasteiger partial charge in [0.25, 0.3) is 0 Å². The van der Waals surface area contributed by atoms with E-state index in [-0.39, 0.29) is 5.78 Å². The van der Waals surface area contributed by atoms with Gasteiger partial charge in [-0.1, -0.05) is 18.2 Å². The number of rotatable bonds is 5. The Morgan fingerprint density at radius 3 is 2.56 bits per heavy atom. The Kier molecular flexibility index (Phi) is 5.50. The van der Waals surface area contributed by atoms with Crippen molar-refractivity contribution in [2.24, 2.45) is 0 Å². The fourth-order valence-corrected chi connectivity index (χ4v) is 4.44. The molecule has 1 fully saturated rings. The van der Waals surface area contributed by atoms with Crippen LogP contribution in [-0.2, 0) is 11.2 Å². The zero-order valence-corrected chi connectivity index (χ0v) is 18.5. The lowest BCUT2D eigenvalue weighted by Crippen LogP contribution is -2.36. The average Bonchev–Trinajstić information content (AvgIpc) is 3.30. The maximum absolute atomic E-state index is 11.9. The van der Waals surface area contributed by atoms with Gasteiger partial charge in [-0.15, -0.1) is 0 Å². The molecule has 2 aromatic heterocycles. The number of nitrogens with zero attached hydrogens (tertiary/aromatic N) is 3. The van der Waals surface area contributed by atoms with Crippen LogP contribution in [-0.4, -0.2) is 41.5 Å². The molecule has 0 aliphatic carbocycles. The van der Waals surface area contributed by atoms with E-state index < -0.39 is 0 Å². The maximum atomic E-state index is 11.9. The molecule has 0 saturated carbocycles. The number of ketones is 1. The Bertz CT molecular complexity index is 1270. The molecule has 4 aromatic rings. The van der Waals surface area contributed by atoms with Gasteiger partial charge in [0.15, 0.2) is 5.78 Å². The minimum Gasteiger partial charge on any atom is -0.378 e. The van der Waals surface area contributed by atoms with Gasteiger partial charge in [0.05, 0.1) is 18.9 Å². The number of fused-ring (bicyclic) bond motifs is 1. The minimum absolute atomic E-state index is 0.0778. The minimum atomic E-state index is 0.0778. The van der Waals surface area contributed by atoms with Gasteiger partial charge in [0, 0.05) is 43.2 Å². The van der Waals surface area contributed by atoms with Crippen LogP contribution >= 0.6 is 0 Å². The third-order valence-corrected chi connectivity index (χ3v) is 6.12. The highest BCUT2D eigenvalue weighted by Crippen LogP contribution is 2.27. The third-order valence-electron chi connectivity index (χ3n) is 6.12. The maximum Gasteiger partial charge on any atom is 0.159 e. The molecule has 0 radical (unpaired) electrons. The molecule has 2 aromatic carbocycles. The SMILES string of the molecule is CC(=O)c1cc(C)cc(-c2ccc(Cc3ccc(N4CCOCC4)cc3)c3nccn23)c1. The van der Waals surface area contributed by atoms with Crippen molar-refractivity contribution in [1.29, 1.82) is 0 Å². The number of carbonyl (C=O) groups excluding carboxylic acids is 1. The normalized spacial score (nSPS) is 14.1. The molecule has 5 heteroatoms. The van der Waals surface area contributed by atoms with Crippen molar-refractivity contribution < 1.29 is 9.53 Å². The molecule has 5 rings (SSSR count). The van der Waals surface area contributed by atoms with Gasteiger partial charge in [-0.05, 0) is 72.5 Å². The molecule has 0 N–H and O–H groups in total. The molecule has 1 aliphatic heterocycles. The number of pyridine rings is 1. The molecule has 5 nitrogen and oxygen atoms in total. The molecule has 0 atom stereocenters. The lowest BCUT2D eigenvalue weighted by molar-refractivity contribution is 0.101. The van der Waals surface area contributed by atoms with Crippen molar-refractivity contribution in [3.63, 3.8) is 0 Å². The first-order chi connectivity index (χ1) is 15.6. The zero-order valence-electron chi connectivity index (χ0n) is 18.5. The van der Waals surface area contributed by atoms with Crippen molar-refractivity contribution in [3.8, 4) is 11.3 Å². The number of morpholine rings is 1. The Hall–Kier alpha value is -3.44. The topological polar surface area (TPSA) is 46.8 Å². The summed E-state index contributed by atoms with van der Waals surface area (Å²) >= 11 is 0. The van der Waals surface area contributed by atoms with E-state index >= 15 is 0 Å². The van der Waals surface area contributed by atoms with Crippen LogP contribution in [0.3, 0.4) is 0 Å². The van der Waals surface area contributed by atoms with Crippen LogP contribution in [0.4, 0.5) is 5.69 Å². The zero-order chi connectivity index (χ0) is 22.1. The van der Waals surface area contributed by atoms with Crippen molar-refractivity contribution in [3.05, 3.63) is 89.2 Å². The second kappa shape index (κ2) is 8.60. The van der Waals surface area contributed by atoms with E-state index in [0.717, 1.165) is 60.8 Å². The molecule has 162 valence electrons. The van der Waals surface area contributed by atoms with Crippen molar-refractivity contribution in [2.75, 3.05) is 31.2 Å². The summed E-state index contributed by atoms with van der Waals surface area (Å²) in [6, 6.07) is 19.1. The van der Waals surface area contributed by atoms with Crippen LogP contribution in [0.25, 0.3) is 16.9 Å². The van der Waals surface area contributed by atoms with Crippen molar-refractivity contribution in [2.45, 2.75) is 20.3 Å². The quantitative estimate of drug-likeness (QED) is 0.425. The smallest absolute Gasteiger partial charge is 0.159 e. The summed E-state index contributed by atoms with van der Waals surface area (Å²) in [5, 5.41) is 0. The Morgan fingerprint density at radius 1 is 1.03 bits per heavy atom. The number of Topliss-reactive ketones (excluding diaryl/α,β-unsaturated/α-hetero) is 1. The molecular weight excluding hydrogens is 398 g/mol. The summed E-state index contributed by atoms with van der Waals surface area (Å²) in [5.74, 6) is 0.0778. The summed E-state index contributed by atoms with van der Waals surface area (Å²) in [5.41, 5.74) is 8.51. The lowest BCUT2D eigenvalue weighted by Gasteiger charge is -2.28. The van der Waals surface area contributed by atoms with E-state index in [2.05, 4.69) is 56.7 Å². The van der Waals surface area contributed by atoms with Crippen LogP contribution in [0.2, 0.25) is 0 Å². The van der Waals surface area contributed by atoms with Gasteiger partial charge in [-0.25, -0.2) is 4.98 Å². The molecule has 3 heterocycles. The van der Waals surface area contributed by atoms with Crippen LogP contribution in [0.1, 0.15) is 34.0 Å². The monoisotopic (exact) mass is 425 g/mol. The Morgan fingerprint density at radius 2 is 1.81 bits per heavy atom.